The van der Waals surface area contributed by atoms with Crippen LogP contribution in [0, 0.1) is 6.92 Å². The molecule has 3 heteroatoms. The molecule has 0 aliphatic heterocycles. The van der Waals surface area contributed by atoms with Gasteiger partial charge in [-0.1, -0.05) is 23.8 Å². The molecular formula is C13H19NO2. The molecule has 0 saturated carbocycles. The first-order valence-electron chi connectivity index (χ1n) is 5.30. The second-order valence-electron chi connectivity index (χ2n) is 4.08. The Hall–Kier alpha value is -1.32. The third-order valence-corrected chi connectivity index (χ3v) is 2.46. The second kappa shape index (κ2) is 5.68. The predicted molar refractivity (Wildman–Crippen MR) is 65.3 cm³/mol. The van der Waals surface area contributed by atoms with Crippen LogP contribution < -0.4 is 0 Å². The van der Waals surface area contributed by atoms with Crippen LogP contribution in [0.2, 0.25) is 0 Å². The molecule has 88 valence electrons. The highest BCUT2D eigenvalue weighted by molar-refractivity contribution is 5.43. The molecule has 0 spiro atoms. The van der Waals surface area contributed by atoms with Crippen molar-refractivity contribution in [1.29, 1.82) is 0 Å². The van der Waals surface area contributed by atoms with Crippen molar-refractivity contribution in [3.63, 3.8) is 0 Å². The number of aromatic hydroxyl groups is 1. The van der Waals surface area contributed by atoms with Crippen molar-refractivity contribution in [2.45, 2.75) is 20.1 Å². The summed E-state index contributed by atoms with van der Waals surface area (Å²) in [4.78, 5) is 2.04. The number of phenols is 1. The van der Waals surface area contributed by atoms with Crippen LogP contribution in [0.5, 0.6) is 5.75 Å². The van der Waals surface area contributed by atoms with Gasteiger partial charge in [0.25, 0.3) is 0 Å². The normalized spacial score (nSPS) is 10.8. The average molecular weight is 221 g/mol. The molecule has 1 aromatic carbocycles. The van der Waals surface area contributed by atoms with Gasteiger partial charge in [0.05, 0.1) is 6.61 Å². The highest BCUT2D eigenvalue weighted by Gasteiger charge is 2.09. The van der Waals surface area contributed by atoms with Crippen LogP contribution in [0.1, 0.15) is 16.7 Å². The van der Waals surface area contributed by atoms with Crippen molar-refractivity contribution >= 4 is 0 Å². The van der Waals surface area contributed by atoms with Crippen LogP contribution in [0.25, 0.3) is 0 Å². The van der Waals surface area contributed by atoms with Gasteiger partial charge < -0.3 is 10.2 Å². The van der Waals surface area contributed by atoms with E-state index in [0.29, 0.717) is 12.1 Å². The number of nitrogens with zero attached hydrogens (tertiary/aromatic N) is 1. The van der Waals surface area contributed by atoms with Crippen molar-refractivity contribution in [2.75, 3.05) is 13.6 Å². The van der Waals surface area contributed by atoms with Gasteiger partial charge in [-0.3, -0.25) is 4.90 Å². The van der Waals surface area contributed by atoms with Crippen LogP contribution in [-0.2, 0) is 13.2 Å². The minimum atomic E-state index is -0.133. The molecule has 1 rings (SSSR count). The lowest BCUT2D eigenvalue weighted by Crippen LogP contribution is -2.17. The van der Waals surface area contributed by atoms with Gasteiger partial charge in [-0.15, -0.1) is 6.58 Å². The van der Waals surface area contributed by atoms with Crippen LogP contribution in [0.4, 0.5) is 0 Å². The van der Waals surface area contributed by atoms with E-state index in [1.807, 2.05) is 31.0 Å². The third-order valence-electron chi connectivity index (χ3n) is 2.46. The number of likely N-dealkylation sites (N-methyl/N-ethyl adjacent to an activating group) is 1. The summed E-state index contributed by atoms with van der Waals surface area (Å²) in [6.07, 6.45) is 1.82. The van der Waals surface area contributed by atoms with Gasteiger partial charge >= 0.3 is 0 Å². The quantitative estimate of drug-likeness (QED) is 0.745. The van der Waals surface area contributed by atoms with E-state index in [1.54, 1.807) is 6.07 Å². The minimum absolute atomic E-state index is 0.133. The Balaban J connectivity index is 2.94. The van der Waals surface area contributed by atoms with Crippen LogP contribution in [0.15, 0.2) is 24.8 Å². The Labute approximate surface area is 96.6 Å². The first-order chi connectivity index (χ1) is 7.58. The molecule has 0 fully saturated rings. The van der Waals surface area contributed by atoms with E-state index in [4.69, 9.17) is 5.11 Å². The molecule has 0 heterocycles. The maximum atomic E-state index is 9.92. The molecular weight excluding hydrogens is 202 g/mol. The summed E-state index contributed by atoms with van der Waals surface area (Å²) in [7, 11) is 1.96. The van der Waals surface area contributed by atoms with Crippen molar-refractivity contribution in [1.82, 2.24) is 4.90 Å². The lowest BCUT2D eigenvalue weighted by atomic mass is 10.0. The van der Waals surface area contributed by atoms with Gasteiger partial charge in [-0.05, 0) is 14.0 Å². The molecule has 16 heavy (non-hydrogen) atoms. The van der Waals surface area contributed by atoms with Crippen molar-refractivity contribution in [3.8, 4) is 5.75 Å². The maximum Gasteiger partial charge on any atom is 0.125 e. The molecule has 0 aliphatic rings. The summed E-state index contributed by atoms with van der Waals surface area (Å²) in [5.74, 6) is 0.198. The van der Waals surface area contributed by atoms with Crippen LogP contribution in [-0.4, -0.2) is 28.7 Å². The third kappa shape index (κ3) is 3.08. The topological polar surface area (TPSA) is 43.7 Å². The Bertz CT molecular complexity index is 374. The Morgan fingerprint density at radius 3 is 2.56 bits per heavy atom. The van der Waals surface area contributed by atoms with E-state index in [0.717, 1.165) is 17.7 Å². The maximum absolute atomic E-state index is 9.92. The summed E-state index contributed by atoms with van der Waals surface area (Å²) in [5, 5.41) is 19.0. The highest BCUT2D eigenvalue weighted by atomic mass is 16.3. The number of hydrogen-bond acceptors (Lipinski definition) is 3. The fraction of sp³-hybridized carbons (Fsp3) is 0.385. The molecule has 1 aromatic rings. The van der Waals surface area contributed by atoms with Crippen LogP contribution >= 0.6 is 0 Å². The number of hydrogen-bond donors (Lipinski definition) is 2. The van der Waals surface area contributed by atoms with Gasteiger partial charge in [-0.2, -0.15) is 0 Å². The number of aryl methyl sites for hydroxylation is 1. The first kappa shape index (κ1) is 12.7. The zero-order valence-electron chi connectivity index (χ0n) is 9.90. The van der Waals surface area contributed by atoms with E-state index in [1.165, 1.54) is 0 Å². The van der Waals surface area contributed by atoms with Crippen molar-refractivity contribution in [3.05, 3.63) is 41.5 Å². The van der Waals surface area contributed by atoms with E-state index in [2.05, 4.69) is 6.58 Å². The second-order valence-corrected chi connectivity index (χ2v) is 4.08. The number of aliphatic hydroxyl groups excluding tert-OH is 1. The van der Waals surface area contributed by atoms with Gasteiger partial charge in [0.15, 0.2) is 0 Å². The van der Waals surface area contributed by atoms with Gasteiger partial charge in [0, 0.05) is 24.2 Å². The largest absolute Gasteiger partial charge is 0.507 e. The number of benzene rings is 1. The summed E-state index contributed by atoms with van der Waals surface area (Å²) < 4.78 is 0. The SMILES string of the molecule is C=CCN(C)Cc1cc(C)cc(CO)c1O. The predicted octanol–water partition coefficient (Wildman–Crippen LogP) is 1.81. The van der Waals surface area contributed by atoms with E-state index in [-0.39, 0.29) is 12.4 Å². The first-order valence-corrected chi connectivity index (χ1v) is 5.30. The number of aliphatic hydroxyl groups is 1. The summed E-state index contributed by atoms with van der Waals surface area (Å²) in [6.45, 7) is 6.90. The lowest BCUT2D eigenvalue weighted by Gasteiger charge is -2.17. The van der Waals surface area contributed by atoms with Crippen LogP contribution in [0.3, 0.4) is 0 Å². The molecule has 0 radical (unpaired) electrons. The Morgan fingerprint density at radius 2 is 2.00 bits per heavy atom. The molecule has 0 atom stereocenters. The lowest BCUT2D eigenvalue weighted by molar-refractivity contribution is 0.273. The van der Waals surface area contributed by atoms with E-state index >= 15 is 0 Å². The molecule has 0 saturated heterocycles. The zero-order valence-corrected chi connectivity index (χ0v) is 9.90. The minimum Gasteiger partial charge on any atom is -0.507 e. The van der Waals surface area contributed by atoms with Crippen molar-refractivity contribution in [2.24, 2.45) is 0 Å². The van der Waals surface area contributed by atoms with Gasteiger partial charge in [-0.25, -0.2) is 0 Å². The molecule has 3 nitrogen and oxygen atoms in total. The summed E-state index contributed by atoms with van der Waals surface area (Å²) in [5.41, 5.74) is 2.47. The van der Waals surface area contributed by atoms with Gasteiger partial charge in [0.1, 0.15) is 5.75 Å². The Kier molecular flexibility index (Phi) is 4.52. The number of rotatable bonds is 5. The zero-order chi connectivity index (χ0) is 12.1. The molecule has 0 unspecified atom stereocenters. The fourth-order valence-electron chi connectivity index (χ4n) is 1.75. The van der Waals surface area contributed by atoms with E-state index in [9.17, 15) is 5.11 Å². The average Bonchev–Trinajstić information content (AvgIpc) is 2.23. The smallest absolute Gasteiger partial charge is 0.125 e. The van der Waals surface area contributed by atoms with Crippen molar-refractivity contribution < 1.29 is 10.2 Å². The molecule has 0 aliphatic carbocycles. The standard InChI is InChI=1S/C13H19NO2/c1-4-5-14(3)8-11-6-10(2)7-12(9-15)13(11)16/h4,6-7,15-16H,1,5,8-9H2,2-3H3. The highest BCUT2D eigenvalue weighted by Crippen LogP contribution is 2.25. The van der Waals surface area contributed by atoms with Gasteiger partial charge in [0.2, 0.25) is 0 Å². The summed E-state index contributed by atoms with van der Waals surface area (Å²) >= 11 is 0. The molecule has 0 aromatic heterocycles. The fourth-order valence-corrected chi connectivity index (χ4v) is 1.75. The molecule has 0 amide bonds. The molecule has 0 bridgehead atoms. The van der Waals surface area contributed by atoms with E-state index < -0.39 is 0 Å². The summed E-state index contributed by atoms with van der Waals surface area (Å²) in [6, 6.07) is 3.74. The monoisotopic (exact) mass is 221 g/mol. The molecule has 2 N–H and O–H groups in total. The Morgan fingerprint density at radius 1 is 1.38 bits per heavy atom.